The van der Waals surface area contributed by atoms with Gasteiger partial charge in [-0.2, -0.15) is 0 Å². The van der Waals surface area contributed by atoms with E-state index in [4.69, 9.17) is 10.5 Å². The largest absolute Gasteiger partial charge is 0.455 e. The van der Waals surface area contributed by atoms with Crippen molar-refractivity contribution in [3.8, 4) is 11.5 Å². The summed E-state index contributed by atoms with van der Waals surface area (Å²) < 4.78 is 5.91. The quantitative estimate of drug-likeness (QED) is 0.791. The summed E-state index contributed by atoms with van der Waals surface area (Å²) >= 11 is 0. The molecule has 92 valence electrons. The topological polar surface area (TPSA) is 47.3 Å². The van der Waals surface area contributed by atoms with Crippen molar-refractivity contribution in [2.24, 2.45) is 0 Å². The molecular formula is C15H16N2O. The van der Waals surface area contributed by atoms with E-state index in [1.807, 2.05) is 36.4 Å². The molecule has 1 heterocycles. The third-order valence-electron chi connectivity index (χ3n) is 3.15. The van der Waals surface area contributed by atoms with Gasteiger partial charge in [0.1, 0.15) is 5.75 Å². The van der Waals surface area contributed by atoms with Gasteiger partial charge in [-0.15, -0.1) is 0 Å². The molecule has 0 amide bonds. The van der Waals surface area contributed by atoms with E-state index in [0.29, 0.717) is 0 Å². The smallest absolute Gasteiger partial charge is 0.150 e. The molecular weight excluding hydrogens is 224 g/mol. The highest BCUT2D eigenvalue weighted by atomic mass is 16.5. The SMILES string of the molecule is Nc1ccc(Oc2cccc3c2NCCC3)cc1. The molecule has 18 heavy (non-hydrogen) atoms. The number of aryl methyl sites for hydroxylation is 1. The van der Waals surface area contributed by atoms with Crippen molar-refractivity contribution < 1.29 is 4.74 Å². The number of benzene rings is 2. The highest BCUT2D eigenvalue weighted by Crippen LogP contribution is 2.35. The van der Waals surface area contributed by atoms with Gasteiger partial charge in [0.2, 0.25) is 0 Å². The molecule has 3 rings (SSSR count). The first-order chi connectivity index (χ1) is 8.83. The molecule has 0 radical (unpaired) electrons. The summed E-state index contributed by atoms with van der Waals surface area (Å²) in [6, 6.07) is 13.6. The maximum absolute atomic E-state index is 5.91. The average Bonchev–Trinajstić information content (AvgIpc) is 2.42. The minimum absolute atomic E-state index is 0.746. The Balaban J connectivity index is 1.90. The Labute approximate surface area is 107 Å². The minimum atomic E-state index is 0.746. The van der Waals surface area contributed by atoms with E-state index in [9.17, 15) is 0 Å². The van der Waals surface area contributed by atoms with Gasteiger partial charge in [-0.3, -0.25) is 0 Å². The molecule has 0 saturated heterocycles. The number of rotatable bonds is 2. The Bertz CT molecular complexity index is 549. The van der Waals surface area contributed by atoms with Crippen LogP contribution in [0.25, 0.3) is 0 Å². The highest BCUT2D eigenvalue weighted by Gasteiger charge is 2.13. The zero-order valence-corrected chi connectivity index (χ0v) is 10.1. The molecule has 0 spiro atoms. The molecule has 2 aromatic carbocycles. The fourth-order valence-electron chi connectivity index (χ4n) is 2.23. The van der Waals surface area contributed by atoms with Crippen molar-refractivity contribution >= 4 is 11.4 Å². The minimum Gasteiger partial charge on any atom is -0.455 e. The van der Waals surface area contributed by atoms with Crippen LogP contribution in [0.3, 0.4) is 0 Å². The molecule has 0 bridgehead atoms. The van der Waals surface area contributed by atoms with Gasteiger partial charge in [-0.25, -0.2) is 0 Å². The first-order valence-corrected chi connectivity index (χ1v) is 6.22. The van der Waals surface area contributed by atoms with Crippen LogP contribution in [0, 0.1) is 0 Å². The van der Waals surface area contributed by atoms with Crippen LogP contribution < -0.4 is 15.8 Å². The second kappa shape index (κ2) is 4.61. The van der Waals surface area contributed by atoms with Crippen LogP contribution in [-0.4, -0.2) is 6.54 Å². The standard InChI is InChI=1S/C15H16N2O/c16-12-6-8-13(9-7-12)18-14-5-1-3-11-4-2-10-17-15(11)14/h1,3,5-9,17H,2,4,10,16H2. The normalized spacial score (nSPS) is 13.6. The predicted molar refractivity (Wildman–Crippen MR) is 74.2 cm³/mol. The summed E-state index contributed by atoms with van der Waals surface area (Å²) in [5.41, 5.74) is 8.86. The Kier molecular flexibility index (Phi) is 2.81. The molecule has 0 unspecified atom stereocenters. The summed E-state index contributed by atoms with van der Waals surface area (Å²) in [5, 5.41) is 3.41. The van der Waals surface area contributed by atoms with Crippen LogP contribution in [0.2, 0.25) is 0 Å². The van der Waals surface area contributed by atoms with E-state index in [2.05, 4.69) is 11.4 Å². The number of fused-ring (bicyclic) bond motifs is 1. The van der Waals surface area contributed by atoms with E-state index in [-0.39, 0.29) is 0 Å². The summed E-state index contributed by atoms with van der Waals surface area (Å²) in [6.45, 7) is 1.01. The number of hydrogen-bond donors (Lipinski definition) is 2. The molecule has 0 saturated carbocycles. The molecule has 1 aliphatic heterocycles. The lowest BCUT2D eigenvalue weighted by atomic mass is 10.0. The van der Waals surface area contributed by atoms with Gasteiger partial charge in [0, 0.05) is 12.2 Å². The average molecular weight is 240 g/mol. The fraction of sp³-hybridized carbons (Fsp3) is 0.200. The van der Waals surface area contributed by atoms with Crippen molar-refractivity contribution in [1.82, 2.24) is 0 Å². The van der Waals surface area contributed by atoms with Gasteiger partial charge < -0.3 is 15.8 Å². The van der Waals surface area contributed by atoms with E-state index < -0.39 is 0 Å². The highest BCUT2D eigenvalue weighted by molar-refractivity contribution is 5.64. The number of nitrogens with two attached hydrogens (primary N) is 1. The maximum atomic E-state index is 5.91. The zero-order valence-electron chi connectivity index (χ0n) is 10.1. The van der Waals surface area contributed by atoms with Crippen LogP contribution in [0.1, 0.15) is 12.0 Å². The van der Waals surface area contributed by atoms with Crippen molar-refractivity contribution in [2.75, 3.05) is 17.6 Å². The number of ether oxygens (including phenoxy) is 1. The molecule has 0 aromatic heterocycles. The lowest BCUT2D eigenvalue weighted by Gasteiger charge is -2.21. The van der Waals surface area contributed by atoms with Crippen LogP contribution in [0.15, 0.2) is 42.5 Å². The number of para-hydroxylation sites is 1. The number of anilines is 2. The van der Waals surface area contributed by atoms with Crippen LogP contribution in [-0.2, 0) is 6.42 Å². The summed E-state index contributed by atoms with van der Waals surface area (Å²) in [4.78, 5) is 0. The van der Waals surface area contributed by atoms with Gasteiger partial charge >= 0.3 is 0 Å². The van der Waals surface area contributed by atoms with Gasteiger partial charge in [0.15, 0.2) is 5.75 Å². The Morgan fingerprint density at radius 2 is 1.89 bits per heavy atom. The van der Waals surface area contributed by atoms with Gasteiger partial charge in [0.25, 0.3) is 0 Å². The first kappa shape index (κ1) is 11.0. The van der Waals surface area contributed by atoms with E-state index in [1.165, 1.54) is 12.0 Å². The molecule has 3 heteroatoms. The van der Waals surface area contributed by atoms with Crippen LogP contribution in [0.4, 0.5) is 11.4 Å². The molecule has 0 atom stereocenters. The molecule has 3 N–H and O–H groups in total. The summed E-state index contributed by atoms with van der Waals surface area (Å²) in [5.74, 6) is 1.70. The van der Waals surface area contributed by atoms with Crippen molar-refractivity contribution in [2.45, 2.75) is 12.8 Å². The maximum Gasteiger partial charge on any atom is 0.150 e. The van der Waals surface area contributed by atoms with Gasteiger partial charge in [-0.1, -0.05) is 12.1 Å². The third-order valence-corrected chi connectivity index (χ3v) is 3.15. The Morgan fingerprint density at radius 3 is 2.72 bits per heavy atom. The monoisotopic (exact) mass is 240 g/mol. The molecule has 2 aromatic rings. The Hall–Kier alpha value is -2.16. The first-order valence-electron chi connectivity index (χ1n) is 6.22. The number of nitrogen functional groups attached to an aromatic ring is 1. The van der Waals surface area contributed by atoms with Gasteiger partial charge in [-0.05, 0) is 48.7 Å². The lowest BCUT2D eigenvalue weighted by Crippen LogP contribution is -2.12. The molecule has 3 nitrogen and oxygen atoms in total. The molecule has 1 aliphatic rings. The van der Waals surface area contributed by atoms with Crippen molar-refractivity contribution in [1.29, 1.82) is 0 Å². The number of nitrogens with one attached hydrogen (secondary N) is 1. The van der Waals surface area contributed by atoms with Crippen LogP contribution in [0.5, 0.6) is 11.5 Å². The predicted octanol–water partition coefficient (Wildman–Crippen LogP) is 3.42. The molecule has 0 fully saturated rings. The summed E-state index contributed by atoms with van der Waals surface area (Å²) in [6.07, 6.45) is 2.29. The third kappa shape index (κ3) is 2.12. The lowest BCUT2D eigenvalue weighted by molar-refractivity contribution is 0.483. The van der Waals surface area contributed by atoms with Crippen LogP contribution >= 0.6 is 0 Å². The zero-order chi connectivity index (χ0) is 12.4. The van der Waals surface area contributed by atoms with Gasteiger partial charge in [0.05, 0.1) is 5.69 Å². The second-order valence-electron chi connectivity index (χ2n) is 4.49. The van der Waals surface area contributed by atoms with E-state index in [1.54, 1.807) is 0 Å². The van der Waals surface area contributed by atoms with Crippen molar-refractivity contribution in [3.05, 3.63) is 48.0 Å². The summed E-state index contributed by atoms with van der Waals surface area (Å²) in [7, 11) is 0. The van der Waals surface area contributed by atoms with E-state index >= 15 is 0 Å². The number of hydrogen-bond acceptors (Lipinski definition) is 3. The fourth-order valence-corrected chi connectivity index (χ4v) is 2.23. The van der Waals surface area contributed by atoms with E-state index in [0.717, 1.165) is 35.8 Å². The van der Waals surface area contributed by atoms with Crippen molar-refractivity contribution in [3.63, 3.8) is 0 Å². The molecule has 0 aliphatic carbocycles. The Morgan fingerprint density at radius 1 is 1.06 bits per heavy atom. The second-order valence-corrected chi connectivity index (χ2v) is 4.49.